The molecule has 0 aliphatic carbocycles. The fraction of sp³-hybridized carbons (Fsp3) is 0.208. The maximum Gasteiger partial charge on any atom is 0.296 e. The zero-order chi connectivity index (χ0) is 25.5. The minimum absolute atomic E-state index is 0.00388. The van der Waals surface area contributed by atoms with E-state index in [2.05, 4.69) is 15.4 Å². The number of hydrogen-bond acceptors (Lipinski definition) is 5. The third kappa shape index (κ3) is 4.67. The highest BCUT2D eigenvalue weighted by atomic mass is 35.5. The summed E-state index contributed by atoms with van der Waals surface area (Å²) in [6, 6.07) is 10.9. The standard InChI is InChI=1S/C24H21ClF3N5O2/c1-13-9-19(26)18(14-7-8-33-20(10-14)31-22(29)32-33)11-17(13)21(34)30-12-24(27,28)23(2,35)15-3-5-16(25)6-4-15/h3-11,35H,12H2,1-2H3,(H2,29,32)(H,30,34). The molecule has 0 spiro atoms. The number of nitrogens with one attached hydrogen (secondary N) is 1. The van der Waals surface area contributed by atoms with Crippen molar-refractivity contribution in [2.75, 3.05) is 12.3 Å². The van der Waals surface area contributed by atoms with Gasteiger partial charge in [0.2, 0.25) is 5.95 Å². The minimum Gasteiger partial charge on any atom is -0.379 e. The van der Waals surface area contributed by atoms with Crippen LogP contribution in [0.2, 0.25) is 5.02 Å². The molecular formula is C24H21ClF3N5O2. The van der Waals surface area contributed by atoms with Crippen molar-refractivity contribution < 1.29 is 23.1 Å². The Hall–Kier alpha value is -3.63. The molecule has 0 radical (unpaired) electrons. The van der Waals surface area contributed by atoms with Gasteiger partial charge in [0.15, 0.2) is 11.2 Å². The van der Waals surface area contributed by atoms with Gasteiger partial charge in [-0.2, -0.15) is 4.98 Å². The van der Waals surface area contributed by atoms with Gasteiger partial charge in [0.05, 0.1) is 6.54 Å². The maximum absolute atomic E-state index is 14.9. The summed E-state index contributed by atoms with van der Waals surface area (Å²) in [4.78, 5) is 16.8. The van der Waals surface area contributed by atoms with Crippen molar-refractivity contribution >= 4 is 29.1 Å². The smallest absolute Gasteiger partial charge is 0.296 e. The lowest BCUT2D eigenvalue weighted by Gasteiger charge is -2.33. The van der Waals surface area contributed by atoms with Gasteiger partial charge in [0.25, 0.3) is 11.8 Å². The Kier molecular flexibility index (Phi) is 6.20. The molecule has 11 heteroatoms. The molecule has 2 aromatic carbocycles. The molecule has 0 saturated heterocycles. The van der Waals surface area contributed by atoms with E-state index in [-0.39, 0.29) is 28.2 Å². The van der Waals surface area contributed by atoms with E-state index in [0.717, 1.165) is 13.0 Å². The third-order valence-electron chi connectivity index (χ3n) is 5.81. The van der Waals surface area contributed by atoms with E-state index in [1.165, 1.54) is 54.0 Å². The first-order valence-electron chi connectivity index (χ1n) is 10.5. The fourth-order valence-electron chi connectivity index (χ4n) is 3.65. The summed E-state index contributed by atoms with van der Waals surface area (Å²) < 4.78 is 46.1. The van der Waals surface area contributed by atoms with Crippen LogP contribution in [0.15, 0.2) is 54.7 Å². The number of carbonyl (C=O) groups is 1. The second-order valence-electron chi connectivity index (χ2n) is 8.30. The number of aliphatic hydroxyl groups is 1. The van der Waals surface area contributed by atoms with Crippen LogP contribution in [0.4, 0.5) is 19.1 Å². The Morgan fingerprint density at radius 2 is 1.89 bits per heavy atom. The summed E-state index contributed by atoms with van der Waals surface area (Å²) in [6.07, 6.45) is 1.53. The van der Waals surface area contributed by atoms with Crippen LogP contribution >= 0.6 is 11.6 Å². The van der Waals surface area contributed by atoms with Crippen LogP contribution < -0.4 is 11.1 Å². The number of amides is 1. The zero-order valence-electron chi connectivity index (χ0n) is 18.7. The van der Waals surface area contributed by atoms with Crippen molar-refractivity contribution in [3.05, 3.63) is 82.3 Å². The first kappa shape index (κ1) is 24.5. The first-order valence-corrected chi connectivity index (χ1v) is 10.8. The maximum atomic E-state index is 14.9. The first-order chi connectivity index (χ1) is 16.4. The highest BCUT2D eigenvalue weighted by molar-refractivity contribution is 6.30. The molecule has 0 saturated carbocycles. The largest absolute Gasteiger partial charge is 0.379 e. The minimum atomic E-state index is -3.73. The average Bonchev–Trinajstić information content (AvgIpc) is 3.17. The molecule has 4 aromatic rings. The highest BCUT2D eigenvalue weighted by Crippen LogP contribution is 2.37. The number of halogens is 4. The van der Waals surface area contributed by atoms with Crippen molar-refractivity contribution in [3.8, 4) is 11.1 Å². The molecule has 2 aromatic heterocycles. The van der Waals surface area contributed by atoms with Crippen molar-refractivity contribution in [1.82, 2.24) is 19.9 Å². The topological polar surface area (TPSA) is 106 Å². The number of rotatable bonds is 6. The Labute approximate surface area is 203 Å². The van der Waals surface area contributed by atoms with Crippen LogP contribution in [0.5, 0.6) is 0 Å². The number of fused-ring (bicyclic) bond motifs is 1. The molecule has 0 fully saturated rings. The van der Waals surface area contributed by atoms with Crippen molar-refractivity contribution in [2.24, 2.45) is 0 Å². The number of anilines is 1. The van der Waals surface area contributed by atoms with Gasteiger partial charge in [0, 0.05) is 22.3 Å². The van der Waals surface area contributed by atoms with E-state index in [9.17, 15) is 23.1 Å². The lowest BCUT2D eigenvalue weighted by molar-refractivity contribution is -0.173. The van der Waals surface area contributed by atoms with E-state index in [4.69, 9.17) is 17.3 Å². The Balaban J connectivity index is 1.59. The molecule has 4 N–H and O–H groups in total. The van der Waals surface area contributed by atoms with Crippen LogP contribution in [0, 0.1) is 12.7 Å². The van der Waals surface area contributed by atoms with Crippen molar-refractivity contribution in [1.29, 1.82) is 0 Å². The van der Waals surface area contributed by atoms with Gasteiger partial charge >= 0.3 is 0 Å². The molecule has 35 heavy (non-hydrogen) atoms. The molecule has 182 valence electrons. The number of benzene rings is 2. The summed E-state index contributed by atoms with van der Waals surface area (Å²) in [5.74, 6) is -5.14. The highest BCUT2D eigenvalue weighted by Gasteiger charge is 2.50. The Morgan fingerprint density at radius 1 is 1.20 bits per heavy atom. The SMILES string of the molecule is Cc1cc(F)c(-c2ccn3nc(N)nc3c2)cc1C(=O)NCC(F)(F)C(C)(O)c1ccc(Cl)cc1. The lowest BCUT2D eigenvalue weighted by atomic mass is 9.89. The summed E-state index contributed by atoms with van der Waals surface area (Å²) in [7, 11) is 0. The molecule has 7 nitrogen and oxygen atoms in total. The molecule has 1 atom stereocenters. The van der Waals surface area contributed by atoms with Gasteiger partial charge in [-0.05, 0) is 66.9 Å². The molecule has 0 bridgehead atoms. The fourth-order valence-corrected chi connectivity index (χ4v) is 3.78. The number of nitrogens with zero attached hydrogens (tertiary/aromatic N) is 3. The predicted octanol–water partition coefficient (Wildman–Crippen LogP) is 4.35. The second-order valence-corrected chi connectivity index (χ2v) is 8.74. The number of nitrogens with two attached hydrogens (primary N) is 1. The normalized spacial score (nSPS) is 13.6. The second kappa shape index (κ2) is 8.86. The van der Waals surface area contributed by atoms with Crippen LogP contribution in [-0.4, -0.2) is 38.1 Å². The average molecular weight is 504 g/mol. The molecule has 1 unspecified atom stereocenters. The van der Waals surface area contributed by atoms with E-state index in [0.29, 0.717) is 16.2 Å². The number of pyridine rings is 1. The zero-order valence-corrected chi connectivity index (χ0v) is 19.4. The Morgan fingerprint density at radius 3 is 2.57 bits per heavy atom. The van der Waals surface area contributed by atoms with E-state index >= 15 is 0 Å². The van der Waals surface area contributed by atoms with Crippen LogP contribution in [0.1, 0.15) is 28.4 Å². The quantitative estimate of drug-likeness (QED) is 0.363. The monoisotopic (exact) mass is 503 g/mol. The number of hydrogen-bond donors (Lipinski definition) is 3. The summed E-state index contributed by atoms with van der Waals surface area (Å²) in [5, 5.41) is 17.0. The van der Waals surface area contributed by atoms with E-state index < -0.39 is 29.8 Å². The molecule has 1 amide bonds. The van der Waals surface area contributed by atoms with Crippen LogP contribution in [0.25, 0.3) is 16.8 Å². The summed E-state index contributed by atoms with van der Waals surface area (Å²) in [5.41, 5.74) is 4.03. The molecular weight excluding hydrogens is 483 g/mol. The predicted molar refractivity (Wildman–Crippen MR) is 126 cm³/mol. The van der Waals surface area contributed by atoms with Crippen LogP contribution in [-0.2, 0) is 5.60 Å². The van der Waals surface area contributed by atoms with Gasteiger partial charge in [-0.3, -0.25) is 4.79 Å². The number of carbonyl (C=O) groups excluding carboxylic acids is 1. The molecule has 2 heterocycles. The summed E-state index contributed by atoms with van der Waals surface area (Å²) >= 11 is 5.79. The molecule has 0 aliphatic rings. The van der Waals surface area contributed by atoms with Gasteiger partial charge < -0.3 is 16.2 Å². The molecule has 0 aliphatic heterocycles. The molecule has 4 rings (SSSR count). The summed E-state index contributed by atoms with van der Waals surface area (Å²) in [6.45, 7) is 1.29. The van der Waals surface area contributed by atoms with Gasteiger partial charge in [-0.25, -0.2) is 17.7 Å². The van der Waals surface area contributed by atoms with Gasteiger partial charge in [0.1, 0.15) is 5.82 Å². The number of aryl methyl sites for hydroxylation is 1. The number of aromatic nitrogens is 3. The number of nitrogen functional groups attached to an aromatic ring is 1. The van der Waals surface area contributed by atoms with Gasteiger partial charge in [-0.1, -0.05) is 23.7 Å². The lowest BCUT2D eigenvalue weighted by Crippen LogP contribution is -2.50. The van der Waals surface area contributed by atoms with Crippen molar-refractivity contribution in [3.63, 3.8) is 0 Å². The Bertz CT molecular complexity index is 1420. The van der Waals surface area contributed by atoms with Crippen LogP contribution in [0.3, 0.4) is 0 Å². The third-order valence-corrected chi connectivity index (χ3v) is 6.07. The van der Waals surface area contributed by atoms with Gasteiger partial charge in [-0.15, -0.1) is 5.10 Å². The van der Waals surface area contributed by atoms with E-state index in [1.54, 1.807) is 6.07 Å². The van der Waals surface area contributed by atoms with Crippen molar-refractivity contribution in [2.45, 2.75) is 25.4 Å². The number of alkyl halides is 2. The van der Waals surface area contributed by atoms with E-state index in [1.807, 2.05) is 0 Å².